The smallest absolute Gasteiger partial charge is 0.270 e. The predicted octanol–water partition coefficient (Wildman–Crippen LogP) is 3.26. The van der Waals surface area contributed by atoms with Gasteiger partial charge in [0.15, 0.2) is 0 Å². The Labute approximate surface area is 155 Å². The minimum atomic E-state index is -0.386. The molecule has 5 nitrogen and oxygen atoms in total. The topological polar surface area (TPSA) is 71.1 Å². The van der Waals surface area contributed by atoms with Crippen LogP contribution in [0.25, 0.3) is 10.9 Å². The number of rotatable bonds is 4. The molecule has 2 amide bonds. The number of hydrogen-bond donors (Lipinski definition) is 2. The van der Waals surface area contributed by atoms with Crippen LogP contribution in [0.2, 0.25) is 0 Å². The molecule has 0 radical (unpaired) electrons. The molecule has 136 valence electrons. The summed E-state index contributed by atoms with van der Waals surface area (Å²) < 4.78 is 12.9. The first-order valence-corrected chi connectivity index (χ1v) is 8.83. The molecule has 0 unspecified atom stereocenters. The van der Waals surface area contributed by atoms with Gasteiger partial charge in [0.05, 0.1) is 17.5 Å². The summed E-state index contributed by atoms with van der Waals surface area (Å²) >= 11 is 0. The Morgan fingerprint density at radius 3 is 2.52 bits per heavy atom. The van der Waals surface area contributed by atoms with Crippen LogP contribution in [0.3, 0.4) is 0 Å². The third-order valence-corrected chi connectivity index (χ3v) is 4.57. The standard InChI is InChI=1S/C21H18FN3O2/c22-15-9-5-13(6-10-15)11-20(26)24-25-21(27)17-12-19(14-7-8-14)23-18-4-2-1-3-16(17)18/h1-6,9-10,12,14H,7-8,11H2,(H,24,26)(H,25,27). The number of hydrogen-bond acceptors (Lipinski definition) is 3. The number of hydrazine groups is 1. The third kappa shape index (κ3) is 3.95. The summed E-state index contributed by atoms with van der Waals surface area (Å²) in [6.45, 7) is 0. The molecule has 0 aliphatic heterocycles. The second-order valence-electron chi connectivity index (χ2n) is 6.69. The van der Waals surface area contributed by atoms with E-state index in [4.69, 9.17) is 0 Å². The normalized spacial score (nSPS) is 13.4. The maximum atomic E-state index is 12.9. The van der Waals surface area contributed by atoms with Crippen LogP contribution in [-0.2, 0) is 11.2 Å². The Morgan fingerprint density at radius 2 is 1.78 bits per heavy atom. The van der Waals surface area contributed by atoms with E-state index in [1.165, 1.54) is 24.3 Å². The highest BCUT2D eigenvalue weighted by Gasteiger charge is 2.27. The van der Waals surface area contributed by atoms with Gasteiger partial charge in [0, 0.05) is 17.0 Å². The Hall–Kier alpha value is -3.28. The lowest BCUT2D eigenvalue weighted by atomic mass is 10.1. The van der Waals surface area contributed by atoms with Gasteiger partial charge in [-0.05, 0) is 42.7 Å². The van der Waals surface area contributed by atoms with Crippen molar-refractivity contribution in [3.63, 3.8) is 0 Å². The van der Waals surface area contributed by atoms with Gasteiger partial charge >= 0.3 is 0 Å². The molecule has 1 aliphatic rings. The first kappa shape index (κ1) is 17.1. The SMILES string of the molecule is O=C(Cc1ccc(F)cc1)NNC(=O)c1cc(C2CC2)nc2ccccc12. The molecule has 3 aromatic rings. The molecule has 0 atom stereocenters. The molecule has 1 aliphatic carbocycles. The van der Waals surface area contributed by atoms with E-state index in [2.05, 4.69) is 15.8 Å². The van der Waals surface area contributed by atoms with E-state index in [9.17, 15) is 14.0 Å². The van der Waals surface area contributed by atoms with Crippen molar-refractivity contribution in [3.8, 4) is 0 Å². The monoisotopic (exact) mass is 363 g/mol. The molecule has 2 N–H and O–H groups in total. The second-order valence-corrected chi connectivity index (χ2v) is 6.69. The number of pyridine rings is 1. The average Bonchev–Trinajstić information content (AvgIpc) is 3.52. The van der Waals surface area contributed by atoms with E-state index < -0.39 is 0 Å². The molecular weight excluding hydrogens is 345 g/mol. The maximum absolute atomic E-state index is 12.9. The van der Waals surface area contributed by atoms with Crippen molar-refractivity contribution in [1.82, 2.24) is 15.8 Å². The number of amides is 2. The van der Waals surface area contributed by atoms with Crippen LogP contribution in [-0.4, -0.2) is 16.8 Å². The zero-order valence-corrected chi connectivity index (χ0v) is 14.5. The highest BCUT2D eigenvalue weighted by atomic mass is 19.1. The molecule has 0 bridgehead atoms. The number of benzene rings is 2. The molecule has 6 heteroatoms. The number of carbonyl (C=O) groups is 2. The van der Waals surface area contributed by atoms with E-state index in [-0.39, 0.29) is 24.1 Å². The first-order chi connectivity index (χ1) is 13.1. The van der Waals surface area contributed by atoms with Gasteiger partial charge in [-0.1, -0.05) is 30.3 Å². The Morgan fingerprint density at radius 1 is 1.04 bits per heavy atom. The molecular formula is C21H18FN3O2. The predicted molar refractivity (Wildman–Crippen MR) is 99.4 cm³/mol. The minimum absolute atomic E-state index is 0.0466. The summed E-state index contributed by atoms with van der Waals surface area (Å²) in [6, 6.07) is 14.9. The number of nitrogens with one attached hydrogen (secondary N) is 2. The molecule has 27 heavy (non-hydrogen) atoms. The van der Waals surface area contributed by atoms with Crippen molar-refractivity contribution in [3.05, 3.63) is 77.2 Å². The molecule has 1 aromatic heterocycles. The van der Waals surface area contributed by atoms with Crippen molar-refractivity contribution in [2.24, 2.45) is 0 Å². The summed E-state index contributed by atoms with van der Waals surface area (Å²) in [4.78, 5) is 29.3. The Balaban J connectivity index is 1.47. The fraction of sp³-hybridized carbons (Fsp3) is 0.190. The summed E-state index contributed by atoms with van der Waals surface area (Å²) in [5.74, 6) is -0.712. The fourth-order valence-electron chi connectivity index (χ4n) is 3.00. The molecule has 0 spiro atoms. The number of para-hydroxylation sites is 1. The Kier molecular flexibility index (Phi) is 4.54. The highest BCUT2D eigenvalue weighted by molar-refractivity contribution is 6.06. The molecule has 4 rings (SSSR count). The average molecular weight is 363 g/mol. The zero-order valence-electron chi connectivity index (χ0n) is 14.5. The van der Waals surface area contributed by atoms with E-state index >= 15 is 0 Å². The van der Waals surface area contributed by atoms with Gasteiger partial charge in [0.25, 0.3) is 5.91 Å². The van der Waals surface area contributed by atoms with Gasteiger partial charge in [-0.15, -0.1) is 0 Å². The molecule has 1 heterocycles. The largest absolute Gasteiger partial charge is 0.273 e. The quantitative estimate of drug-likeness (QED) is 0.699. The lowest BCUT2D eigenvalue weighted by molar-refractivity contribution is -0.121. The summed E-state index contributed by atoms with van der Waals surface area (Å²) in [5, 5.41) is 0.743. The summed E-state index contributed by atoms with van der Waals surface area (Å²) in [5.41, 5.74) is 7.72. The van der Waals surface area contributed by atoms with E-state index in [1.807, 2.05) is 30.3 Å². The molecule has 1 fully saturated rings. The fourth-order valence-corrected chi connectivity index (χ4v) is 3.00. The van der Waals surface area contributed by atoms with Gasteiger partial charge < -0.3 is 0 Å². The van der Waals surface area contributed by atoms with Crippen LogP contribution in [0, 0.1) is 5.82 Å². The van der Waals surface area contributed by atoms with E-state index in [1.54, 1.807) is 0 Å². The van der Waals surface area contributed by atoms with E-state index in [0.717, 1.165) is 29.4 Å². The third-order valence-electron chi connectivity index (χ3n) is 4.57. The number of aromatic nitrogens is 1. The van der Waals surface area contributed by atoms with Crippen LogP contribution in [0.5, 0.6) is 0 Å². The van der Waals surface area contributed by atoms with Crippen LogP contribution >= 0.6 is 0 Å². The molecule has 2 aromatic carbocycles. The lowest BCUT2D eigenvalue weighted by Gasteiger charge is -2.11. The van der Waals surface area contributed by atoms with Gasteiger partial charge in [0.1, 0.15) is 5.82 Å². The molecule has 1 saturated carbocycles. The minimum Gasteiger partial charge on any atom is -0.273 e. The van der Waals surface area contributed by atoms with Crippen molar-refractivity contribution in [2.45, 2.75) is 25.2 Å². The van der Waals surface area contributed by atoms with Crippen LogP contribution in [0.4, 0.5) is 4.39 Å². The van der Waals surface area contributed by atoms with Crippen LogP contribution in [0.1, 0.15) is 40.4 Å². The van der Waals surface area contributed by atoms with Gasteiger partial charge in [-0.25, -0.2) is 4.39 Å². The lowest BCUT2D eigenvalue weighted by Crippen LogP contribution is -2.42. The molecule has 0 saturated heterocycles. The number of carbonyl (C=O) groups excluding carboxylic acids is 2. The number of fused-ring (bicyclic) bond motifs is 1. The van der Waals surface area contributed by atoms with Crippen molar-refractivity contribution >= 4 is 22.7 Å². The van der Waals surface area contributed by atoms with Crippen molar-refractivity contribution in [2.75, 3.05) is 0 Å². The summed E-state index contributed by atoms with van der Waals surface area (Å²) in [7, 11) is 0. The van der Waals surface area contributed by atoms with Gasteiger partial charge in [-0.3, -0.25) is 25.4 Å². The Bertz CT molecular complexity index is 1010. The number of nitrogens with zero attached hydrogens (tertiary/aromatic N) is 1. The van der Waals surface area contributed by atoms with Gasteiger partial charge in [-0.2, -0.15) is 0 Å². The van der Waals surface area contributed by atoms with Crippen molar-refractivity contribution < 1.29 is 14.0 Å². The first-order valence-electron chi connectivity index (χ1n) is 8.83. The van der Waals surface area contributed by atoms with Crippen molar-refractivity contribution in [1.29, 1.82) is 0 Å². The van der Waals surface area contributed by atoms with E-state index in [0.29, 0.717) is 17.0 Å². The highest BCUT2D eigenvalue weighted by Crippen LogP contribution is 2.40. The van der Waals surface area contributed by atoms with Gasteiger partial charge in [0.2, 0.25) is 5.91 Å². The number of halogens is 1. The van der Waals surface area contributed by atoms with Crippen LogP contribution < -0.4 is 10.9 Å². The maximum Gasteiger partial charge on any atom is 0.270 e. The second kappa shape index (κ2) is 7.15. The van der Waals surface area contributed by atoms with Crippen LogP contribution in [0.15, 0.2) is 54.6 Å². The summed E-state index contributed by atoms with van der Waals surface area (Å²) in [6.07, 6.45) is 2.21. The zero-order chi connectivity index (χ0) is 18.8.